The van der Waals surface area contributed by atoms with Gasteiger partial charge in [0.15, 0.2) is 0 Å². The summed E-state index contributed by atoms with van der Waals surface area (Å²) in [6.07, 6.45) is 2.21. The molecule has 0 amide bonds. The normalized spacial score (nSPS) is 21.0. The lowest BCUT2D eigenvalue weighted by atomic mass is 9.94. The Bertz CT molecular complexity index is 877. The van der Waals surface area contributed by atoms with Gasteiger partial charge in [0.05, 0.1) is 18.2 Å². The molecule has 0 spiro atoms. The van der Waals surface area contributed by atoms with Gasteiger partial charge in [0.25, 0.3) is 5.92 Å². The van der Waals surface area contributed by atoms with Crippen LogP contribution in [0, 0.1) is 5.92 Å². The van der Waals surface area contributed by atoms with Crippen LogP contribution >= 0.6 is 0 Å². The number of nitrogens with zero attached hydrogens (tertiary/aromatic N) is 2. The molecule has 1 fully saturated rings. The third kappa shape index (κ3) is 3.30. The van der Waals surface area contributed by atoms with Gasteiger partial charge in [-0.25, -0.2) is 8.78 Å². The summed E-state index contributed by atoms with van der Waals surface area (Å²) in [5, 5.41) is 0. The molecule has 1 aliphatic carbocycles. The topological polar surface area (TPSA) is 42.3 Å². The summed E-state index contributed by atoms with van der Waals surface area (Å²) in [6, 6.07) is 11.8. The highest BCUT2D eigenvalue weighted by Crippen LogP contribution is 2.51. The van der Waals surface area contributed by atoms with E-state index in [9.17, 15) is 13.6 Å². The molecule has 4 rings (SSSR count). The molecule has 2 heterocycles. The minimum atomic E-state index is -2.62. The van der Waals surface area contributed by atoms with Crippen LogP contribution in [-0.4, -0.2) is 22.4 Å². The zero-order valence-electron chi connectivity index (χ0n) is 14.6. The molecule has 0 radical (unpaired) electrons. The van der Waals surface area contributed by atoms with Crippen molar-refractivity contribution in [1.29, 1.82) is 0 Å². The molecular formula is C21H20F2N2O. The Hall–Kier alpha value is -2.43. The molecule has 26 heavy (non-hydrogen) atoms. The number of halogens is 2. The Morgan fingerprint density at radius 1 is 1.31 bits per heavy atom. The number of aliphatic imine (C=N–C) groups is 1. The zero-order valence-corrected chi connectivity index (χ0v) is 14.6. The minimum Gasteiger partial charge on any atom is -0.299 e. The van der Waals surface area contributed by atoms with Gasteiger partial charge in [0, 0.05) is 36.7 Å². The first kappa shape index (κ1) is 17.0. The first-order valence-corrected chi connectivity index (χ1v) is 8.91. The SMILES string of the molecule is C[C@@H](CC(=O)Cc1cc2c(cn1)C(C1CC1(F)F)=NC2)c1ccccc1. The third-order valence-corrected chi connectivity index (χ3v) is 5.18. The van der Waals surface area contributed by atoms with Crippen LogP contribution < -0.4 is 0 Å². The summed E-state index contributed by atoms with van der Waals surface area (Å²) in [6.45, 7) is 2.45. The van der Waals surface area contributed by atoms with Crippen LogP contribution in [0.5, 0.6) is 0 Å². The van der Waals surface area contributed by atoms with Gasteiger partial charge in [-0.1, -0.05) is 37.3 Å². The monoisotopic (exact) mass is 354 g/mol. The Kier molecular flexibility index (Phi) is 4.17. The maximum Gasteiger partial charge on any atom is 0.257 e. The Labute approximate surface area is 151 Å². The van der Waals surface area contributed by atoms with E-state index in [1.807, 2.05) is 43.3 Å². The summed E-state index contributed by atoms with van der Waals surface area (Å²) >= 11 is 0. The lowest BCUT2D eigenvalue weighted by Crippen LogP contribution is -2.11. The van der Waals surface area contributed by atoms with E-state index in [0.717, 1.165) is 16.7 Å². The van der Waals surface area contributed by atoms with Crippen LogP contribution in [0.25, 0.3) is 0 Å². The smallest absolute Gasteiger partial charge is 0.257 e. The van der Waals surface area contributed by atoms with E-state index in [2.05, 4.69) is 9.98 Å². The largest absolute Gasteiger partial charge is 0.299 e. The van der Waals surface area contributed by atoms with Gasteiger partial charge >= 0.3 is 0 Å². The van der Waals surface area contributed by atoms with Crippen molar-refractivity contribution < 1.29 is 13.6 Å². The van der Waals surface area contributed by atoms with Crippen LogP contribution in [0.15, 0.2) is 47.6 Å². The molecule has 2 aromatic rings. The van der Waals surface area contributed by atoms with Crippen molar-refractivity contribution in [3.63, 3.8) is 0 Å². The van der Waals surface area contributed by atoms with Gasteiger partial charge in [-0.15, -0.1) is 0 Å². The number of hydrogen-bond acceptors (Lipinski definition) is 3. The van der Waals surface area contributed by atoms with E-state index < -0.39 is 11.8 Å². The van der Waals surface area contributed by atoms with Crippen molar-refractivity contribution in [3.8, 4) is 0 Å². The molecule has 5 heteroatoms. The van der Waals surface area contributed by atoms with Crippen LogP contribution in [0.1, 0.15) is 48.1 Å². The third-order valence-electron chi connectivity index (χ3n) is 5.18. The van der Waals surface area contributed by atoms with Crippen LogP contribution in [0.3, 0.4) is 0 Å². The summed E-state index contributed by atoms with van der Waals surface area (Å²) in [4.78, 5) is 21.0. The average Bonchev–Trinajstić information content (AvgIpc) is 3.06. The number of pyridine rings is 1. The predicted molar refractivity (Wildman–Crippen MR) is 95.7 cm³/mol. The van der Waals surface area contributed by atoms with Crippen molar-refractivity contribution in [2.24, 2.45) is 10.9 Å². The minimum absolute atomic E-state index is 0.122. The van der Waals surface area contributed by atoms with Gasteiger partial charge in [-0.05, 0) is 23.1 Å². The zero-order chi connectivity index (χ0) is 18.3. The van der Waals surface area contributed by atoms with E-state index in [-0.39, 0.29) is 24.5 Å². The molecule has 0 N–H and O–H groups in total. The summed E-state index contributed by atoms with van der Waals surface area (Å²) in [7, 11) is 0. The number of Topliss-reactive ketones (excluding diaryl/α,β-unsaturated/α-hetero) is 1. The average molecular weight is 354 g/mol. The van der Waals surface area contributed by atoms with E-state index in [0.29, 0.717) is 24.4 Å². The van der Waals surface area contributed by atoms with Crippen molar-refractivity contribution in [2.45, 2.75) is 44.6 Å². The molecule has 2 atom stereocenters. The van der Waals surface area contributed by atoms with E-state index in [4.69, 9.17) is 0 Å². The first-order valence-electron chi connectivity index (χ1n) is 8.91. The van der Waals surface area contributed by atoms with Crippen molar-refractivity contribution in [2.75, 3.05) is 0 Å². The number of fused-ring (bicyclic) bond motifs is 1. The Balaban J connectivity index is 1.40. The lowest BCUT2D eigenvalue weighted by Gasteiger charge is -2.11. The molecular weight excluding hydrogens is 334 g/mol. The fourth-order valence-electron chi connectivity index (χ4n) is 3.58. The summed E-state index contributed by atoms with van der Waals surface area (Å²) in [5.41, 5.74) is 3.94. The van der Waals surface area contributed by atoms with Crippen LogP contribution in [0.4, 0.5) is 8.78 Å². The molecule has 1 aromatic heterocycles. The number of aromatic nitrogens is 1. The number of ketones is 1. The predicted octanol–water partition coefficient (Wildman–Crippen LogP) is 4.34. The highest BCUT2D eigenvalue weighted by atomic mass is 19.3. The molecule has 2 aliphatic rings. The second kappa shape index (κ2) is 6.38. The van der Waals surface area contributed by atoms with Gasteiger partial charge in [-0.2, -0.15) is 0 Å². The molecule has 3 nitrogen and oxygen atoms in total. The second-order valence-corrected chi connectivity index (χ2v) is 7.28. The fraction of sp³-hybridized carbons (Fsp3) is 0.381. The molecule has 0 bridgehead atoms. The molecule has 134 valence electrons. The number of benzene rings is 1. The molecule has 1 saturated carbocycles. The highest BCUT2D eigenvalue weighted by Gasteiger charge is 2.60. The van der Waals surface area contributed by atoms with Gasteiger partial charge in [0.2, 0.25) is 0 Å². The van der Waals surface area contributed by atoms with Gasteiger partial charge in [0.1, 0.15) is 5.78 Å². The molecule has 1 unspecified atom stereocenters. The Morgan fingerprint density at radius 3 is 2.73 bits per heavy atom. The molecule has 1 aliphatic heterocycles. The van der Waals surface area contributed by atoms with Crippen LogP contribution in [-0.2, 0) is 17.8 Å². The number of carbonyl (C=O) groups is 1. The second-order valence-electron chi connectivity index (χ2n) is 7.28. The number of alkyl halides is 2. The van der Waals surface area contributed by atoms with Gasteiger partial charge < -0.3 is 0 Å². The van der Waals surface area contributed by atoms with Crippen molar-refractivity contribution >= 4 is 11.5 Å². The highest BCUT2D eigenvalue weighted by molar-refractivity contribution is 6.07. The van der Waals surface area contributed by atoms with E-state index in [1.54, 1.807) is 6.20 Å². The number of hydrogen-bond donors (Lipinski definition) is 0. The maximum atomic E-state index is 13.3. The fourth-order valence-corrected chi connectivity index (χ4v) is 3.58. The van der Waals surface area contributed by atoms with Gasteiger partial charge in [-0.3, -0.25) is 14.8 Å². The molecule has 0 saturated heterocycles. The summed E-state index contributed by atoms with van der Waals surface area (Å²) < 4.78 is 26.6. The lowest BCUT2D eigenvalue weighted by molar-refractivity contribution is -0.118. The molecule has 1 aromatic carbocycles. The maximum absolute atomic E-state index is 13.3. The Morgan fingerprint density at radius 2 is 2.04 bits per heavy atom. The van der Waals surface area contributed by atoms with Crippen molar-refractivity contribution in [3.05, 3.63) is 65.0 Å². The quantitative estimate of drug-likeness (QED) is 0.774. The standard InChI is InChI=1S/C21H20F2N2O/c1-13(14-5-3-2-4-6-14)7-17(26)9-16-8-15-11-25-20(18(15)12-24-16)19-10-21(19,22)23/h2-6,8,12-13,19H,7,9-11H2,1H3/t13-,19?/m0/s1. The first-order chi connectivity index (χ1) is 12.4. The van der Waals surface area contributed by atoms with E-state index >= 15 is 0 Å². The number of carbonyl (C=O) groups excluding carboxylic acids is 1. The number of rotatable bonds is 6. The van der Waals surface area contributed by atoms with Crippen molar-refractivity contribution in [1.82, 2.24) is 4.98 Å². The van der Waals surface area contributed by atoms with E-state index in [1.165, 1.54) is 0 Å². The summed E-state index contributed by atoms with van der Waals surface area (Å²) in [5.74, 6) is -3.10. The van der Waals surface area contributed by atoms with Crippen LogP contribution in [0.2, 0.25) is 0 Å².